The van der Waals surface area contributed by atoms with Gasteiger partial charge in [-0.05, 0) is 0 Å². The van der Waals surface area contributed by atoms with E-state index in [1.807, 2.05) is 0 Å². The van der Waals surface area contributed by atoms with Gasteiger partial charge in [-0.25, -0.2) is 0 Å². The van der Waals surface area contributed by atoms with Crippen LogP contribution in [-0.4, -0.2) is 13.3 Å². The summed E-state index contributed by atoms with van der Waals surface area (Å²) >= 11 is 0. The van der Waals surface area contributed by atoms with E-state index in [4.69, 9.17) is 0 Å². The van der Waals surface area contributed by atoms with E-state index in [2.05, 4.69) is 4.74 Å². The minimum Gasteiger partial charge on any atom is -0.472 e. The Morgan fingerprint density at radius 2 is 1.60 bits per heavy atom. The molecule has 60 valence electrons. The van der Waals surface area contributed by atoms with Crippen molar-refractivity contribution in [3.8, 4) is 0 Å². The maximum atomic E-state index is 11.6. The molecule has 0 aromatic heterocycles. The van der Waals surface area contributed by atoms with E-state index in [0.29, 0.717) is 7.11 Å². The van der Waals surface area contributed by atoms with Crippen molar-refractivity contribution in [2.45, 2.75) is 6.18 Å². The summed E-state index contributed by atoms with van der Waals surface area (Å²) in [6, 6.07) is -2.26. The van der Waals surface area contributed by atoms with Gasteiger partial charge in [0.15, 0.2) is 0 Å². The zero-order valence-corrected chi connectivity index (χ0v) is 4.80. The molecule has 0 atom stereocenters. The molecule has 0 heterocycles. The normalized spacial score (nSPS) is 14.6. The fraction of sp³-hybridized carbons (Fsp3) is 0.500. The summed E-state index contributed by atoms with van der Waals surface area (Å²) in [4.78, 5) is 0. The molecule has 0 aliphatic carbocycles. The topological polar surface area (TPSA) is 9.23 Å². The predicted molar refractivity (Wildman–Crippen MR) is 22.3 cm³/mol. The highest BCUT2D eigenvalue weighted by Crippen LogP contribution is 2.29. The van der Waals surface area contributed by atoms with Crippen LogP contribution in [0.1, 0.15) is 0 Å². The van der Waals surface area contributed by atoms with Crippen molar-refractivity contribution in [1.29, 1.82) is 0 Å². The van der Waals surface area contributed by atoms with Gasteiger partial charge in [0.1, 0.15) is 0 Å². The molecule has 0 aliphatic rings. The Morgan fingerprint density at radius 3 is 1.70 bits per heavy atom. The second kappa shape index (κ2) is 2.85. The number of hydrogen-bond donors (Lipinski definition) is 0. The maximum absolute atomic E-state index is 11.6. The fourth-order valence-corrected chi connectivity index (χ4v) is 0.201. The molecular formula is C4H3F5O. The first-order valence-electron chi connectivity index (χ1n) is 2.06. The van der Waals surface area contributed by atoms with Gasteiger partial charge < -0.3 is 4.74 Å². The standard InChI is InChI=1S/C4H3F5O/c1-10-3(6)2(5)4(7,8)9/h1H3/b3-2+. The summed E-state index contributed by atoms with van der Waals surface area (Å²) in [5.74, 6) is -2.85. The summed E-state index contributed by atoms with van der Waals surface area (Å²) in [6.07, 6.45) is -5.31. The number of allylic oxidation sites excluding steroid dienone is 1. The first-order chi connectivity index (χ1) is 4.39. The first-order valence-corrected chi connectivity index (χ1v) is 2.06. The number of hydrogen-bond acceptors (Lipinski definition) is 1. The minimum absolute atomic E-state index is 0.598. The largest absolute Gasteiger partial charge is 0.472 e. The molecule has 0 aromatic carbocycles. The van der Waals surface area contributed by atoms with Crippen LogP contribution in [-0.2, 0) is 4.74 Å². The first kappa shape index (κ1) is 9.19. The van der Waals surface area contributed by atoms with Gasteiger partial charge in [0.2, 0.25) is 0 Å². The van der Waals surface area contributed by atoms with Crippen LogP contribution in [0.25, 0.3) is 0 Å². The van der Waals surface area contributed by atoms with Crippen molar-refractivity contribution >= 4 is 0 Å². The molecule has 10 heavy (non-hydrogen) atoms. The van der Waals surface area contributed by atoms with Gasteiger partial charge in [-0.1, -0.05) is 0 Å². The monoisotopic (exact) mass is 162 g/mol. The Morgan fingerprint density at radius 1 is 1.20 bits per heavy atom. The molecule has 0 radical (unpaired) electrons. The molecule has 0 saturated heterocycles. The Kier molecular flexibility index (Phi) is 2.62. The smallest absolute Gasteiger partial charge is 0.449 e. The second-order valence-corrected chi connectivity index (χ2v) is 1.29. The molecule has 1 nitrogen and oxygen atoms in total. The van der Waals surface area contributed by atoms with Crippen LogP contribution in [0.15, 0.2) is 11.8 Å². The third-order valence-corrected chi connectivity index (χ3v) is 0.601. The van der Waals surface area contributed by atoms with Crippen molar-refractivity contribution in [2.24, 2.45) is 0 Å². The van der Waals surface area contributed by atoms with Gasteiger partial charge in [-0.15, -0.1) is 0 Å². The van der Waals surface area contributed by atoms with E-state index in [0.717, 1.165) is 0 Å². The molecule has 0 fully saturated rings. The van der Waals surface area contributed by atoms with Gasteiger partial charge in [-0.3, -0.25) is 0 Å². The Hall–Kier alpha value is -0.810. The molecule has 6 heteroatoms. The summed E-state index contributed by atoms with van der Waals surface area (Å²) in [6.45, 7) is 0. The van der Waals surface area contributed by atoms with E-state index >= 15 is 0 Å². The number of ether oxygens (including phenoxy) is 1. The lowest BCUT2D eigenvalue weighted by atomic mass is 10.5. The second-order valence-electron chi connectivity index (χ2n) is 1.29. The van der Waals surface area contributed by atoms with Gasteiger partial charge in [0.25, 0.3) is 5.83 Å². The molecule has 0 N–H and O–H groups in total. The number of halogens is 5. The molecule has 0 spiro atoms. The van der Waals surface area contributed by atoms with Gasteiger partial charge in [-0.2, -0.15) is 22.0 Å². The molecule has 0 bridgehead atoms. The maximum Gasteiger partial charge on any atom is 0.449 e. The highest BCUT2D eigenvalue weighted by molar-refractivity contribution is 4.99. The van der Waals surface area contributed by atoms with Crippen molar-refractivity contribution in [2.75, 3.05) is 7.11 Å². The molecule has 0 amide bonds. The van der Waals surface area contributed by atoms with E-state index in [1.54, 1.807) is 0 Å². The minimum atomic E-state index is -5.31. The zero-order chi connectivity index (χ0) is 8.36. The van der Waals surface area contributed by atoms with Crippen molar-refractivity contribution in [3.63, 3.8) is 0 Å². The number of alkyl halides is 3. The van der Waals surface area contributed by atoms with Crippen LogP contribution >= 0.6 is 0 Å². The van der Waals surface area contributed by atoms with Crippen LogP contribution < -0.4 is 0 Å². The average molecular weight is 162 g/mol. The van der Waals surface area contributed by atoms with Crippen LogP contribution in [0.3, 0.4) is 0 Å². The number of rotatable bonds is 1. The van der Waals surface area contributed by atoms with E-state index in [-0.39, 0.29) is 0 Å². The highest BCUT2D eigenvalue weighted by Gasteiger charge is 2.39. The van der Waals surface area contributed by atoms with Crippen LogP contribution in [0, 0.1) is 0 Å². The fourth-order valence-electron chi connectivity index (χ4n) is 0.201. The van der Waals surface area contributed by atoms with E-state index in [1.165, 1.54) is 0 Å². The summed E-state index contributed by atoms with van der Waals surface area (Å²) < 4.78 is 59.9. The molecular weight excluding hydrogens is 159 g/mol. The lowest BCUT2D eigenvalue weighted by molar-refractivity contribution is -0.115. The molecule has 0 rings (SSSR count). The third-order valence-electron chi connectivity index (χ3n) is 0.601. The molecule has 0 aromatic rings. The Balaban J connectivity index is 4.47. The molecule has 0 unspecified atom stereocenters. The lowest BCUT2D eigenvalue weighted by Gasteiger charge is -2.02. The van der Waals surface area contributed by atoms with Crippen molar-refractivity contribution in [3.05, 3.63) is 11.8 Å². The summed E-state index contributed by atoms with van der Waals surface area (Å²) in [5, 5.41) is 0. The number of methoxy groups -OCH3 is 1. The Labute approximate surface area is 53.1 Å². The lowest BCUT2D eigenvalue weighted by Crippen LogP contribution is -2.09. The molecule has 0 saturated carbocycles. The van der Waals surface area contributed by atoms with Crippen LogP contribution in [0.5, 0.6) is 0 Å². The van der Waals surface area contributed by atoms with Crippen molar-refractivity contribution < 1.29 is 26.7 Å². The highest BCUT2D eigenvalue weighted by atomic mass is 19.4. The van der Waals surface area contributed by atoms with Gasteiger partial charge in [0, 0.05) is 0 Å². The zero-order valence-electron chi connectivity index (χ0n) is 4.80. The van der Waals surface area contributed by atoms with Crippen LogP contribution in [0.2, 0.25) is 0 Å². The van der Waals surface area contributed by atoms with Gasteiger partial charge in [0.05, 0.1) is 7.11 Å². The van der Waals surface area contributed by atoms with Crippen molar-refractivity contribution in [1.82, 2.24) is 0 Å². The summed E-state index contributed by atoms with van der Waals surface area (Å²) in [5.41, 5.74) is 0. The summed E-state index contributed by atoms with van der Waals surface area (Å²) in [7, 11) is 0.598. The van der Waals surface area contributed by atoms with Gasteiger partial charge >= 0.3 is 12.2 Å². The quantitative estimate of drug-likeness (QED) is 0.424. The third kappa shape index (κ3) is 2.20. The van der Waals surface area contributed by atoms with Crippen LogP contribution in [0.4, 0.5) is 22.0 Å². The predicted octanol–water partition coefficient (Wildman–Crippen LogP) is 2.30. The van der Waals surface area contributed by atoms with E-state index < -0.39 is 18.0 Å². The molecule has 0 aliphatic heterocycles. The average Bonchev–Trinajstić information content (AvgIpc) is 1.83. The SMILES string of the molecule is CO/C(F)=C(/F)C(F)(F)F. The Bertz CT molecular complexity index is 146. The van der Waals surface area contributed by atoms with E-state index in [9.17, 15) is 22.0 Å².